The maximum atomic E-state index is 13.4. The van der Waals surface area contributed by atoms with Crippen LogP contribution in [0.25, 0.3) is 11.4 Å². The van der Waals surface area contributed by atoms with Crippen molar-refractivity contribution in [2.24, 2.45) is 0 Å². The van der Waals surface area contributed by atoms with Crippen molar-refractivity contribution >= 4 is 15.7 Å². The predicted molar refractivity (Wildman–Crippen MR) is 107 cm³/mol. The molecule has 1 aliphatic heterocycles. The van der Waals surface area contributed by atoms with E-state index in [0.29, 0.717) is 30.8 Å². The van der Waals surface area contributed by atoms with Crippen molar-refractivity contribution in [1.29, 1.82) is 0 Å². The SMILES string of the molecule is O=C(c1ccc(S(=O)(=O)C(F)(F)F)cc1)N1CCCC(c2nc(-c3cccc(F)c3)no2)C1. The van der Waals surface area contributed by atoms with Crippen LogP contribution in [0.3, 0.4) is 0 Å². The third-order valence-corrected chi connectivity index (χ3v) is 6.80. The zero-order valence-electron chi connectivity index (χ0n) is 16.9. The average Bonchev–Trinajstić information content (AvgIpc) is 3.28. The molecule has 0 saturated carbocycles. The lowest BCUT2D eigenvalue weighted by Gasteiger charge is -2.31. The van der Waals surface area contributed by atoms with E-state index in [1.165, 1.54) is 23.1 Å². The van der Waals surface area contributed by atoms with E-state index in [2.05, 4.69) is 10.1 Å². The lowest BCUT2D eigenvalue weighted by molar-refractivity contribution is -0.0436. The third-order valence-electron chi connectivity index (χ3n) is 5.30. The molecule has 1 aliphatic rings. The molecule has 0 bridgehead atoms. The minimum Gasteiger partial charge on any atom is -0.339 e. The molecular weight excluding hydrogens is 466 g/mol. The van der Waals surface area contributed by atoms with Gasteiger partial charge >= 0.3 is 5.51 Å². The van der Waals surface area contributed by atoms with Crippen molar-refractivity contribution in [3.63, 3.8) is 0 Å². The molecule has 0 spiro atoms. The molecular formula is C21H17F4N3O4S. The van der Waals surface area contributed by atoms with E-state index in [4.69, 9.17) is 4.52 Å². The fraction of sp³-hybridized carbons (Fsp3) is 0.286. The molecule has 33 heavy (non-hydrogen) atoms. The second-order valence-corrected chi connectivity index (χ2v) is 9.47. The molecule has 7 nitrogen and oxygen atoms in total. The standard InChI is InChI=1S/C21H17F4N3O4S/c22-16-5-1-3-14(11-16)18-26-19(32-27-18)15-4-2-10-28(12-15)20(29)13-6-8-17(9-7-13)33(30,31)21(23,24)25/h1,3,5-9,11,15H,2,4,10,12H2. The van der Waals surface area contributed by atoms with Gasteiger partial charge in [0.25, 0.3) is 15.7 Å². The quantitative estimate of drug-likeness (QED) is 0.517. The van der Waals surface area contributed by atoms with Crippen LogP contribution in [0.5, 0.6) is 0 Å². The Morgan fingerprint density at radius 1 is 1.12 bits per heavy atom. The zero-order valence-corrected chi connectivity index (χ0v) is 17.7. The minimum atomic E-state index is -5.49. The first-order valence-electron chi connectivity index (χ1n) is 9.86. The third kappa shape index (κ3) is 4.61. The van der Waals surface area contributed by atoms with Crippen LogP contribution in [0.2, 0.25) is 0 Å². The number of carbonyl (C=O) groups is 1. The number of aromatic nitrogens is 2. The first-order chi connectivity index (χ1) is 15.6. The molecule has 1 fully saturated rings. The van der Waals surface area contributed by atoms with E-state index >= 15 is 0 Å². The Bertz CT molecular complexity index is 1270. The molecule has 2 heterocycles. The van der Waals surface area contributed by atoms with Crippen LogP contribution in [0.1, 0.15) is 35.0 Å². The molecule has 2 aromatic carbocycles. The van der Waals surface area contributed by atoms with E-state index in [9.17, 15) is 30.8 Å². The molecule has 1 aromatic heterocycles. The summed E-state index contributed by atoms with van der Waals surface area (Å²) in [7, 11) is -5.49. The Morgan fingerprint density at radius 2 is 1.85 bits per heavy atom. The van der Waals surface area contributed by atoms with Crippen LogP contribution in [0.4, 0.5) is 17.6 Å². The Morgan fingerprint density at radius 3 is 2.52 bits per heavy atom. The molecule has 1 saturated heterocycles. The summed E-state index contributed by atoms with van der Waals surface area (Å²) in [6, 6.07) is 9.36. The number of carbonyl (C=O) groups excluding carboxylic acids is 1. The molecule has 1 amide bonds. The summed E-state index contributed by atoms with van der Waals surface area (Å²) in [6.45, 7) is 0.634. The zero-order chi connectivity index (χ0) is 23.8. The van der Waals surface area contributed by atoms with E-state index in [0.717, 1.165) is 24.3 Å². The fourth-order valence-corrected chi connectivity index (χ4v) is 4.36. The average molecular weight is 483 g/mol. The Hall–Kier alpha value is -3.28. The predicted octanol–water partition coefficient (Wildman–Crippen LogP) is 4.19. The number of hydrogen-bond acceptors (Lipinski definition) is 6. The highest BCUT2D eigenvalue weighted by atomic mass is 32.2. The number of hydrogen-bond donors (Lipinski definition) is 0. The summed E-state index contributed by atoms with van der Waals surface area (Å²) in [4.78, 5) is 17.7. The minimum absolute atomic E-state index is 0.0581. The van der Waals surface area contributed by atoms with Crippen LogP contribution in [0, 0.1) is 5.82 Å². The number of rotatable bonds is 4. The van der Waals surface area contributed by atoms with Crippen molar-refractivity contribution in [2.45, 2.75) is 29.2 Å². The molecule has 1 unspecified atom stereocenters. The van der Waals surface area contributed by atoms with E-state index < -0.39 is 32.0 Å². The normalized spacial score (nSPS) is 17.2. The van der Waals surface area contributed by atoms with Gasteiger partial charge in [0, 0.05) is 24.2 Å². The van der Waals surface area contributed by atoms with E-state index in [-0.39, 0.29) is 23.9 Å². The first-order valence-corrected chi connectivity index (χ1v) is 11.3. The highest BCUT2D eigenvalue weighted by Crippen LogP contribution is 2.31. The summed E-state index contributed by atoms with van der Waals surface area (Å²) in [6.07, 6.45) is 1.28. The summed E-state index contributed by atoms with van der Waals surface area (Å²) in [5.74, 6) is -0.668. The van der Waals surface area contributed by atoms with Crippen molar-refractivity contribution < 1.29 is 35.3 Å². The van der Waals surface area contributed by atoms with Crippen LogP contribution < -0.4 is 0 Å². The van der Waals surface area contributed by atoms with Gasteiger partial charge in [-0.05, 0) is 49.2 Å². The van der Waals surface area contributed by atoms with Crippen LogP contribution in [0.15, 0.2) is 57.9 Å². The lowest BCUT2D eigenvalue weighted by atomic mass is 9.97. The molecule has 0 aliphatic carbocycles. The van der Waals surface area contributed by atoms with Gasteiger partial charge in [-0.3, -0.25) is 4.79 Å². The van der Waals surface area contributed by atoms with Crippen molar-refractivity contribution in [3.8, 4) is 11.4 Å². The van der Waals surface area contributed by atoms with Crippen molar-refractivity contribution in [1.82, 2.24) is 15.0 Å². The van der Waals surface area contributed by atoms with Gasteiger partial charge in [0.2, 0.25) is 11.7 Å². The Labute approximate surface area is 185 Å². The first kappa shape index (κ1) is 22.9. The number of amides is 1. The Balaban J connectivity index is 1.48. The largest absolute Gasteiger partial charge is 0.501 e. The highest BCUT2D eigenvalue weighted by molar-refractivity contribution is 7.92. The van der Waals surface area contributed by atoms with Crippen molar-refractivity contribution in [2.75, 3.05) is 13.1 Å². The number of sulfone groups is 1. The summed E-state index contributed by atoms with van der Waals surface area (Å²) in [5.41, 5.74) is -4.92. The fourth-order valence-electron chi connectivity index (χ4n) is 3.60. The smallest absolute Gasteiger partial charge is 0.339 e. The number of halogens is 4. The summed E-state index contributed by atoms with van der Waals surface area (Å²) < 4.78 is 79.9. The van der Waals surface area contributed by atoms with Gasteiger partial charge < -0.3 is 9.42 Å². The van der Waals surface area contributed by atoms with Gasteiger partial charge in [0.1, 0.15) is 5.82 Å². The van der Waals surface area contributed by atoms with Crippen LogP contribution >= 0.6 is 0 Å². The molecule has 3 aromatic rings. The van der Waals surface area contributed by atoms with Crippen LogP contribution in [-0.2, 0) is 9.84 Å². The van der Waals surface area contributed by atoms with Gasteiger partial charge in [-0.15, -0.1) is 0 Å². The molecule has 0 N–H and O–H groups in total. The number of benzene rings is 2. The number of nitrogens with zero attached hydrogens (tertiary/aromatic N) is 3. The number of piperidine rings is 1. The van der Waals surface area contributed by atoms with E-state index in [1.807, 2.05) is 0 Å². The topological polar surface area (TPSA) is 93.4 Å². The van der Waals surface area contributed by atoms with Gasteiger partial charge in [0.05, 0.1) is 10.8 Å². The second-order valence-electron chi connectivity index (χ2n) is 7.53. The molecule has 0 radical (unpaired) electrons. The molecule has 4 rings (SSSR count). The second kappa shape index (κ2) is 8.58. The maximum Gasteiger partial charge on any atom is 0.501 e. The summed E-state index contributed by atoms with van der Waals surface area (Å²) in [5, 5.41) is 3.88. The molecule has 174 valence electrons. The van der Waals surface area contributed by atoms with Gasteiger partial charge in [0.15, 0.2) is 0 Å². The number of likely N-dealkylation sites (tertiary alicyclic amines) is 1. The summed E-state index contributed by atoms with van der Waals surface area (Å²) >= 11 is 0. The van der Waals surface area contributed by atoms with Crippen LogP contribution in [-0.4, -0.2) is 48.0 Å². The monoisotopic (exact) mass is 483 g/mol. The molecule has 1 atom stereocenters. The van der Waals surface area contributed by atoms with Gasteiger partial charge in [-0.1, -0.05) is 17.3 Å². The molecule has 12 heteroatoms. The Kier molecular flexibility index (Phi) is 5.95. The highest BCUT2D eigenvalue weighted by Gasteiger charge is 2.46. The maximum absolute atomic E-state index is 13.4. The lowest BCUT2D eigenvalue weighted by Crippen LogP contribution is -2.39. The van der Waals surface area contributed by atoms with Gasteiger partial charge in [-0.25, -0.2) is 12.8 Å². The van der Waals surface area contributed by atoms with Crippen molar-refractivity contribution in [3.05, 3.63) is 65.8 Å². The number of alkyl halides is 3. The van der Waals surface area contributed by atoms with Gasteiger partial charge in [-0.2, -0.15) is 18.2 Å². The van der Waals surface area contributed by atoms with E-state index in [1.54, 1.807) is 6.07 Å².